The minimum absolute atomic E-state index is 0.0409. The van der Waals surface area contributed by atoms with Crippen molar-refractivity contribution >= 4 is 28.5 Å². The van der Waals surface area contributed by atoms with Gasteiger partial charge in [-0.2, -0.15) is 0 Å². The zero-order valence-corrected chi connectivity index (χ0v) is 14.7. The van der Waals surface area contributed by atoms with Gasteiger partial charge in [0.15, 0.2) is 0 Å². The van der Waals surface area contributed by atoms with Crippen LogP contribution in [0.1, 0.15) is 42.9 Å². The molecule has 0 unspecified atom stereocenters. The SMILES string of the molecule is CCOc1ccc2c(c1)C(C)=CC(C)(C)N2C(=O)c1cccs1. The Balaban J connectivity index is 2.12. The molecule has 0 fully saturated rings. The number of hydrogen-bond acceptors (Lipinski definition) is 3. The molecule has 3 nitrogen and oxygen atoms in total. The maximum absolute atomic E-state index is 13.0. The van der Waals surface area contributed by atoms with Crippen molar-refractivity contribution in [1.82, 2.24) is 0 Å². The summed E-state index contributed by atoms with van der Waals surface area (Å²) in [6.07, 6.45) is 2.15. The first-order chi connectivity index (χ1) is 10.9. The Labute approximate surface area is 141 Å². The predicted octanol–water partition coefficient (Wildman–Crippen LogP) is 4.99. The molecule has 120 valence electrons. The summed E-state index contributed by atoms with van der Waals surface area (Å²) in [5.74, 6) is 0.876. The molecule has 0 atom stereocenters. The summed E-state index contributed by atoms with van der Waals surface area (Å²) in [6, 6.07) is 9.74. The number of carbonyl (C=O) groups is 1. The van der Waals surface area contributed by atoms with Crippen LogP contribution in [-0.4, -0.2) is 18.1 Å². The highest BCUT2D eigenvalue weighted by Gasteiger charge is 2.36. The van der Waals surface area contributed by atoms with Crippen LogP contribution < -0.4 is 9.64 Å². The molecule has 2 heterocycles. The lowest BCUT2D eigenvalue weighted by molar-refractivity contribution is 0.0974. The van der Waals surface area contributed by atoms with Gasteiger partial charge in [-0.3, -0.25) is 9.69 Å². The van der Waals surface area contributed by atoms with E-state index in [4.69, 9.17) is 4.74 Å². The van der Waals surface area contributed by atoms with Crippen molar-refractivity contribution in [1.29, 1.82) is 0 Å². The van der Waals surface area contributed by atoms with E-state index in [9.17, 15) is 4.79 Å². The molecule has 1 amide bonds. The summed E-state index contributed by atoms with van der Waals surface area (Å²) in [5.41, 5.74) is 2.80. The van der Waals surface area contributed by atoms with Crippen LogP contribution in [0.3, 0.4) is 0 Å². The van der Waals surface area contributed by atoms with Crippen molar-refractivity contribution in [3.63, 3.8) is 0 Å². The molecule has 3 rings (SSSR count). The van der Waals surface area contributed by atoms with Gasteiger partial charge in [0.1, 0.15) is 5.75 Å². The highest BCUT2D eigenvalue weighted by atomic mass is 32.1. The molecule has 0 radical (unpaired) electrons. The zero-order chi connectivity index (χ0) is 16.6. The normalized spacial score (nSPS) is 15.8. The number of amides is 1. The largest absolute Gasteiger partial charge is 0.494 e. The number of thiophene rings is 1. The van der Waals surface area contributed by atoms with E-state index < -0.39 is 0 Å². The molecule has 1 aromatic heterocycles. The van der Waals surface area contributed by atoms with Gasteiger partial charge in [-0.1, -0.05) is 12.1 Å². The number of hydrogen-bond donors (Lipinski definition) is 0. The molecular weight excluding hydrogens is 306 g/mol. The molecule has 1 aromatic carbocycles. The van der Waals surface area contributed by atoms with E-state index in [2.05, 4.69) is 26.8 Å². The van der Waals surface area contributed by atoms with Crippen LogP contribution in [0.15, 0.2) is 41.8 Å². The van der Waals surface area contributed by atoms with Crippen LogP contribution in [0.4, 0.5) is 5.69 Å². The van der Waals surface area contributed by atoms with Crippen molar-refractivity contribution in [2.45, 2.75) is 33.2 Å². The number of allylic oxidation sites excluding steroid dienone is 1. The first kappa shape index (κ1) is 15.8. The Morgan fingerprint density at radius 2 is 2.09 bits per heavy atom. The van der Waals surface area contributed by atoms with Crippen LogP contribution in [0.25, 0.3) is 5.57 Å². The predicted molar refractivity (Wildman–Crippen MR) is 96.5 cm³/mol. The molecule has 0 spiro atoms. The molecular formula is C19H21NO2S. The fraction of sp³-hybridized carbons (Fsp3) is 0.316. The van der Waals surface area contributed by atoms with Crippen LogP contribution in [0.5, 0.6) is 5.75 Å². The van der Waals surface area contributed by atoms with Crippen LogP contribution in [-0.2, 0) is 0 Å². The van der Waals surface area contributed by atoms with Crippen LogP contribution in [0.2, 0.25) is 0 Å². The van der Waals surface area contributed by atoms with E-state index in [1.54, 1.807) is 0 Å². The maximum atomic E-state index is 13.0. The Morgan fingerprint density at radius 1 is 1.30 bits per heavy atom. The lowest BCUT2D eigenvalue weighted by Gasteiger charge is -2.41. The second kappa shape index (κ2) is 5.85. The van der Waals surface area contributed by atoms with E-state index >= 15 is 0 Å². The monoisotopic (exact) mass is 327 g/mol. The van der Waals surface area contributed by atoms with Gasteiger partial charge in [-0.25, -0.2) is 0 Å². The van der Waals surface area contributed by atoms with E-state index in [0.717, 1.165) is 21.9 Å². The first-order valence-corrected chi connectivity index (χ1v) is 8.67. The van der Waals surface area contributed by atoms with Gasteiger partial charge >= 0.3 is 0 Å². The standard InChI is InChI=1S/C19H21NO2S/c1-5-22-14-8-9-16-15(11-14)13(2)12-19(3,4)20(16)18(21)17-7-6-10-23-17/h6-12H,5H2,1-4H3. The van der Waals surface area contributed by atoms with Crippen molar-refractivity contribution < 1.29 is 9.53 Å². The summed E-state index contributed by atoms with van der Waals surface area (Å²) in [7, 11) is 0. The van der Waals surface area contributed by atoms with E-state index in [1.165, 1.54) is 16.9 Å². The summed E-state index contributed by atoms with van der Waals surface area (Å²) < 4.78 is 5.61. The van der Waals surface area contributed by atoms with E-state index in [1.807, 2.05) is 47.5 Å². The first-order valence-electron chi connectivity index (χ1n) is 7.79. The van der Waals surface area contributed by atoms with Gasteiger partial charge in [-0.15, -0.1) is 11.3 Å². The highest BCUT2D eigenvalue weighted by Crippen LogP contribution is 2.41. The minimum Gasteiger partial charge on any atom is -0.494 e. The number of rotatable bonds is 3. The molecule has 0 N–H and O–H groups in total. The fourth-order valence-corrected chi connectivity index (χ4v) is 3.80. The number of nitrogens with zero attached hydrogens (tertiary/aromatic N) is 1. The number of anilines is 1. The lowest BCUT2D eigenvalue weighted by Crippen LogP contribution is -2.48. The Kier molecular flexibility index (Phi) is 4.02. The molecule has 23 heavy (non-hydrogen) atoms. The molecule has 2 aromatic rings. The Bertz CT molecular complexity index is 760. The number of ether oxygens (including phenoxy) is 1. The van der Waals surface area contributed by atoms with Crippen molar-refractivity contribution in [3.05, 3.63) is 52.2 Å². The quantitative estimate of drug-likeness (QED) is 0.795. The van der Waals surface area contributed by atoms with Crippen molar-refractivity contribution in [3.8, 4) is 5.75 Å². The zero-order valence-electron chi connectivity index (χ0n) is 13.9. The van der Waals surface area contributed by atoms with Gasteiger partial charge in [-0.05, 0) is 62.9 Å². The third-order valence-electron chi connectivity index (χ3n) is 4.03. The van der Waals surface area contributed by atoms with Gasteiger partial charge in [0.2, 0.25) is 0 Å². The molecule has 0 saturated heterocycles. The molecule has 0 aliphatic carbocycles. The van der Waals surface area contributed by atoms with Gasteiger partial charge in [0.05, 0.1) is 22.7 Å². The third kappa shape index (κ3) is 2.79. The second-order valence-corrected chi connectivity index (χ2v) is 7.16. The maximum Gasteiger partial charge on any atom is 0.269 e. The van der Waals surface area contributed by atoms with Crippen LogP contribution >= 0.6 is 11.3 Å². The van der Waals surface area contributed by atoms with Crippen molar-refractivity contribution in [2.24, 2.45) is 0 Å². The fourth-order valence-electron chi connectivity index (χ4n) is 3.15. The molecule has 1 aliphatic heterocycles. The van der Waals surface area contributed by atoms with Gasteiger partial charge in [0, 0.05) is 5.56 Å². The lowest BCUT2D eigenvalue weighted by atomic mass is 9.88. The number of benzene rings is 1. The Morgan fingerprint density at radius 3 is 2.74 bits per heavy atom. The van der Waals surface area contributed by atoms with Gasteiger partial charge < -0.3 is 4.74 Å². The molecule has 0 bridgehead atoms. The average Bonchev–Trinajstić information content (AvgIpc) is 3.01. The molecule has 4 heteroatoms. The molecule has 0 saturated carbocycles. The topological polar surface area (TPSA) is 29.5 Å². The smallest absolute Gasteiger partial charge is 0.269 e. The van der Waals surface area contributed by atoms with Crippen molar-refractivity contribution in [2.75, 3.05) is 11.5 Å². The van der Waals surface area contributed by atoms with E-state index in [0.29, 0.717) is 6.61 Å². The van der Waals surface area contributed by atoms with Gasteiger partial charge in [0.25, 0.3) is 5.91 Å². The number of carbonyl (C=O) groups excluding carboxylic acids is 1. The Hall–Kier alpha value is -2.07. The highest BCUT2D eigenvalue weighted by molar-refractivity contribution is 7.12. The second-order valence-electron chi connectivity index (χ2n) is 6.21. The molecule has 1 aliphatic rings. The third-order valence-corrected chi connectivity index (χ3v) is 4.88. The van der Waals surface area contributed by atoms with E-state index in [-0.39, 0.29) is 11.4 Å². The summed E-state index contributed by atoms with van der Waals surface area (Å²) in [6.45, 7) is 8.83. The summed E-state index contributed by atoms with van der Waals surface area (Å²) >= 11 is 1.48. The average molecular weight is 327 g/mol. The number of fused-ring (bicyclic) bond motifs is 1. The van der Waals surface area contributed by atoms with Crippen LogP contribution in [0, 0.1) is 0 Å². The minimum atomic E-state index is -0.370. The summed E-state index contributed by atoms with van der Waals surface area (Å²) in [4.78, 5) is 15.7. The summed E-state index contributed by atoms with van der Waals surface area (Å²) in [5, 5.41) is 1.93.